The summed E-state index contributed by atoms with van der Waals surface area (Å²) in [6.45, 7) is 0. The molecule has 2 nitrogen and oxygen atoms in total. The molecule has 0 saturated heterocycles. The van der Waals surface area contributed by atoms with Crippen molar-refractivity contribution in [2.75, 3.05) is 0 Å². The molecule has 88 valence electrons. The van der Waals surface area contributed by atoms with Crippen LogP contribution in [0, 0.1) is 0 Å². The van der Waals surface area contributed by atoms with Crippen molar-refractivity contribution in [2.45, 2.75) is 24.9 Å². The van der Waals surface area contributed by atoms with Gasteiger partial charge < -0.3 is 9.52 Å². The van der Waals surface area contributed by atoms with Gasteiger partial charge in [-0.15, -0.1) is 0 Å². The van der Waals surface area contributed by atoms with Gasteiger partial charge in [0.05, 0.1) is 12.4 Å². The minimum atomic E-state index is -0.542. The average molecular weight is 249 g/mol. The van der Waals surface area contributed by atoms with Gasteiger partial charge in [0.1, 0.15) is 0 Å². The van der Waals surface area contributed by atoms with Crippen LogP contribution in [0.5, 0.6) is 0 Å². The zero-order valence-corrected chi connectivity index (χ0v) is 10.0. The minimum absolute atomic E-state index is 0.296. The maximum atomic E-state index is 10.1. The Balaban J connectivity index is 1.72. The van der Waals surface area contributed by atoms with Gasteiger partial charge in [0.2, 0.25) is 0 Å². The van der Waals surface area contributed by atoms with E-state index in [-0.39, 0.29) is 0 Å². The smallest absolute Gasteiger partial charge is 0.198 e. The summed E-state index contributed by atoms with van der Waals surface area (Å²) in [5.41, 5.74) is 3.44. The lowest BCUT2D eigenvalue weighted by Crippen LogP contribution is -2.19. The van der Waals surface area contributed by atoms with E-state index in [9.17, 15) is 5.11 Å². The Bertz CT molecular complexity index is 533. The molecule has 0 amide bonds. The molecule has 0 saturated carbocycles. The highest BCUT2D eigenvalue weighted by molar-refractivity contribution is 6.29. The van der Waals surface area contributed by atoms with Crippen LogP contribution in [0.15, 0.2) is 41.0 Å². The summed E-state index contributed by atoms with van der Waals surface area (Å²) < 4.78 is 4.99. The van der Waals surface area contributed by atoms with Crippen molar-refractivity contribution in [3.05, 3.63) is 58.5 Å². The summed E-state index contributed by atoms with van der Waals surface area (Å²) in [5, 5.41) is 10.4. The monoisotopic (exact) mass is 248 g/mol. The lowest BCUT2D eigenvalue weighted by atomic mass is 9.74. The van der Waals surface area contributed by atoms with Crippen molar-refractivity contribution in [2.24, 2.45) is 0 Å². The number of hydrogen-bond acceptors (Lipinski definition) is 2. The fourth-order valence-corrected chi connectivity index (χ4v) is 2.75. The molecule has 3 rings (SSSR count). The van der Waals surface area contributed by atoms with Crippen LogP contribution in [0.4, 0.5) is 0 Å². The number of rotatable bonds is 3. The molecule has 0 spiro atoms. The molecule has 3 heteroatoms. The van der Waals surface area contributed by atoms with Crippen molar-refractivity contribution in [3.8, 4) is 0 Å². The fourth-order valence-electron chi connectivity index (χ4n) is 2.51. The van der Waals surface area contributed by atoms with Gasteiger partial charge in [-0.2, -0.15) is 0 Å². The maximum absolute atomic E-state index is 10.1. The number of hydrogen-bond donors (Lipinski definition) is 1. The first-order valence-electron chi connectivity index (χ1n) is 5.74. The van der Waals surface area contributed by atoms with Crippen LogP contribution in [-0.4, -0.2) is 5.11 Å². The summed E-state index contributed by atoms with van der Waals surface area (Å²) in [6, 6.07) is 10.1. The van der Waals surface area contributed by atoms with E-state index in [1.807, 2.05) is 6.07 Å². The first kappa shape index (κ1) is 10.9. The van der Waals surface area contributed by atoms with Crippen molar-refractivity contribution in [1.29, 1.82) is 0 Å². The topological polar surface area (TPSA) is 33.4 Å². The van der Waals surface area contributed by atoms with E-state index in [1.54, 1.807) is 6.07 Å². The summed E-state index contributed by atoms with van der Waals surface area (Å²) >= 11 is 5.85. The summed E-state index contributed by atoms with van der Waals surface area (Å²) in [7, 11) is 0. The second-order valence-corrected chi connectivity index (χ2v) is 4.84. The van der Waals surface area contributed by atoms with Crippen molar-refractivity contribution >= 4 is 11.6 Å². The molecule has 2 atom stereocenters. The van der Waals surface area contributed by atoms with Gasteiger partial charge in [-0.1, -0.05) is 24.3 Å². The predicted molar refractivity (Wildman–Crippen MR) is 66.2 cm³/mol. The van der Waals surface area contributed by atoms with Gasteiger partial charge >= 0.3 is 0 Å². The molecule has 2 unspecified atom stereocenters. The van der Waals surface area contributed by atoms with Gasteiger partial charge in [0.25, 0.3) is 0 Å². The third-order valence-electron chi connectivity index (χ3n) is 3.47. The van der Waals surface area contributed by atoms with E-state index < -0.39 is 6.10 Å². The molecule has 1 N–H and O–H groups in total. The molecular formula is C14H13ClO2. The third-order valence-corrected chi connectivity index (χ3v) is 3.78. The molecule has 17 heavy (non-hydrogen) atoms. The molecule has 0 radical (unpaired) electrons. The zero-order valence-electron chi connectivity index (χ0n) is 9.27. The summed E-state index contributed by atoms with van der Waals surface area (Å²) in [4.78, 5) is 0. The molecule has 1 aromatic heterocycles. The van der Waals surface area contributed by atoms with E-state index >= 15 is 0 Å². The van der Waals surface area contributed by atoms with Gasteiger partial charge in [-0.05, 0) is 47.6 Å². The van der Waals surface area contributed by atoms with E-state index in [4.69, 9.17) is 16.0 Å². The first-order valence-corrected chi connectivity index (χ1v) is 6.12. The van der Waals surface area contributed by atoms with Crippen molar-refractivity contribution in [1.82, 2.24) is 0 Å². The third kappa shape index (κ3) is 1.88. The van der Waals surface area contributed by atoms with Crippen LogP contribution in [0.3, 0.4) is 0 Å². The van der Waals surface area contributed by atoms with Gasteiger partial charge in [0, 0.05) is 5.56 Å². The number of furan rings is 1. The minimum Gasteiger partial charge on any atom is -0.453 e. The normalized spacial score (nSPS) is 19.5. The van der Waals surface area contributed by atoms with Gasteiger partial charge in [-0.25, -0.2) is 0 Å². The van der Waals surface area contributed by atoms with Crippen LogP contribution in [-0.2, 0) is 6.42 Å². The molecule has 1 aliphatic carbocycles. The Morgan fingerprint density at radius 3 is 2.88 bits per heavy atom. The number of aliphatic hydroxyl groups is 1. The Hall–Kier alpha value is -1.25. The highest BCUT2D eigenvalue weighted by atomic mass is 35.5. The number of halogens is 1. The van der Waals surface area contributed by atoms with E-state index in [2.05, 4.69) is 18.2 Å². The van der Waals surface area contributed by atoms with Gasteiger partial charge in [-0.3, -0.25) is 0 Å². The second kappa shape index (κ2) is 4.21. The quantitative estimate of drug-likeness (QED) is 0.899. The predicted octanol–water partition coefficient (Wildman–Crippen LogP) is 3.70. The lowest BCUT2D eigenvalue weighted by Gasteiger charge is -2.31. The Morgan fingerprint density at radius 2 is 2.18 bits per heavy atom. The van der Waals surface area contributed by atoms with Crippen LogP contribution < -0.4 is 0 Å². The Labute approximate surface area is 105 Å². The molecule has 0 fully saturated rings. The molecule has 1 aliphatic rings. The Morgan fingerprint density at radius 1 is 1.35 bits per heavy atom. The highest BCUT2D eigenvalue weighted by Crippen LogP contribution is 2.41. The molecule has 2 aromatic rings. The maximum Gasteiger partial charge on any atom is 0.198 e. The number of benzene rings is 1. The van der Waals surface area contributed by atoms with Crippen LogP contribution in [0.1, 0.15) is 35.1 Å². The molecule has 1 aromatic carbocycles. The average Bonchev–Trinajstić information content (AvgIpc) is 2.72. The number of fused-ring (bicyclic) bond motifs is 1. The highest BCUT2D eigenvalue weighted by Gasteiger charge is 2.28. The fraction of sp³-hybridized carbons (Fsp3) is 0.286. The van der Waals surface area contributed by atoms with Gasteiger partial charge in [0.15, 0.2) is 5.22 Å². The van der Waals surface area contributed by atoms with E-state index in [0.717, 1.165) is 6.42 Å². The zero-order chi connectivity index (χ0) is 11.8. The van der Waals surface area contributed by atoms with Crippen LogP contribution in [0.25, 0.3) is 0 Å². The van der Waals surface area contributed by atoms with Crippen LogP contribution in [0.2, 0.25) is 5.22 Å². The molecule has 0 aliphatic heterocycles. The van der Waals surface area contributed by atoms with Crippen LogP contribution >= 0.6 is 11.6 Å². The molecular weight excluding hydrogens is 236 g/mol. The SMILES string of the molecule is OC(CC1Cc2ccccc21)c1ccoc1Cl. The lowest BCUT2D eigenvalue weighted by molar-refractivity contribution is 0.153. The first-order chi connectivity index (χ1) is 8.25. The van der Waals surface area contributed by atoms with E-state index in [1.165, 1.54) is 17.4 Å². The molecule has 1 heterocycles. The number of aliphatic hydroxyl groups excluding tert-OH is 1. The van der Waals surface area contributed by atoms with E-state index in [0.29, 0.717) is 23.1 Å². The van der Waals surface area contributed by atoms with Crippen molar-refractivity contribution in [3.63, 3.8) is 0 Å². The van der Waals surface area contributed by atoms with Crippen molar-refractivity contribution < 1.29 is 9.52 Å². The second-order valence-electron chi connectivity index (χ2n) is 4.50. The standard InChI is InChI=1S/C14H13ClO2/c15-14-12(5-6-17-14)13(16)8-10-7-9-3-1-2-4-11(9)10/h1-6,10,13,16H,7-8H2. The Kier molecular flexibility index (Phi) is 2.69. The molecule has 0 bridgehead atoms. The largest absolute Gasteiger partial charge is 0.453 e. The summed E-state index contributed by atoms with van der Waals surface area (Å²) in [6.07, 6.45) is 2.72. The summed E-state index contributed by atoms with van der Waals surface area (Å²) in [5.74, 6) is 0.437.